The van der Waals surface area contributed by atoms with Crippen LogP contribution in [0.2, 0.25) is 0 Å². The number of hydrogen-bond donors (Lipinski definition) is 1. The second kappa shape index (κ2) is 5.99. The fraction of sp³-hybridized carbons (Fsp3) is 0.500. The van der Waals surface area contributed by atoms with Gasteiger partial charge in [-0.3, -0.25) is 0 Å². The van der Waals surface area contributed by atoms with E-state index in [0.29, 0.717) is 5.75 Å². The van der Waals surface area contributed by atoms with Crippen molar-refractivity contribution in [2.75, 3.05) is 14.2 Å². The van der Waals surface area contributed by atoms with Gasteiger partial charge in [0.15, 0.2) is 0 Å². The monoisotopic (exact) mass is 260 g/mol. The van der Waals surface area contributed by atoms with Gasteiger partial charge < -0.3 is 14.6 Å². The van der Waals surface area contributed by atoms with Crippen LogP contribution < -0.4 is 9.47 Å². The average molecular weight is 260 g/mol. The van der Waals surface area contributed by atoms with Crippen molar-refractivity contribution in [1.82, 2.24) is 0 Å². The molecule has 19 heavy (non-hydrogen) atoms. The first-order valence-electron chi connectivity index (χ1n) is 6.64. The molecule has 1 aliphatic carbocycles. The Balaban J connectivity index is 2.26. The van der Waals surface area contributed by atoms with Crippen LogP contribution in [0.3, 0.4) is 0 Å². The minimum Gasteiger partial charge on any atom is -0.497 e. The van der Waals surface area contributed by atoms with Gasteiger partial charge in [0.25, 0.3) is 0 Å². The third kappa shape index (κ3) is 3.42. The molecule has 0 bridgehead atoms. The van der Waals surface area contributed by atoms with Crippen LogP contribution in [0.15, 0.2) is 18.2 Å². The first-order valence-corrected chi connectivity index (χ1v) is 6.64. The van der Waals surface area contributed by atoms with Gasteiger partial charge in [-0.25, -0.2) is 0 Å². The molecule has 3 heteroatoms. The maximum Gasteiger partial charge on any atom is 0.134 e. The third-order valence-corrected chi connectivity index (χ3v) is 3.52. The first-order chi connectivity index (χ1) is 9.17. The topological polar surface area (TPSA) is 38.7 Å². The molecule has 0 amide bonds. The summed E-state index contributed by atoms with van der Waals surface area (Å²) in [7, 11) is 3.23. The van der Waals surface area contributed by atoms with E-state index in [1.165, 1.54) is 6.42 Å². The van der Waals surface area contributed by atoms with Crippen LogP contribution >= 0.6 is 0 Å². The van der Waals surface area contributed by atoms with Crippen molar-refractivity contribution in [2.24, 2.45) is 0 Å². The largest absolute Gasteiger partial charge is 0.497 e. The van der Waals surface area contributed by atoms with Crippen LogP contribution in [0.1, 0.15) is 37.7 Å². The molecule has 1 N–H and O–H groups in total. The molecule has 0 saturated heterocycles. The molecule has 0 atom stereocenters. The predicted octanol–water partition coefficient (Wildman–Crippen LogP) is 2.75. The normalized spacial score (nSPS) is 17.2. The fourth-order valence-corrected chi connectivity index (χ4v) is 2.36. The molecule has 1 fully saturated rings. The number of rotatable bonds is 2. The van der Waals surface area contributed by atoms with Gasteiger partial charge >= 0.3 is 0 Å². The zero-order chi connectivity index (χ0) is 13.7. The van der Waals surface area contributed by atoms with Crippen molar-refractivity contribution < 1.29 is 14.6 Å². The molecule has 1 aromatic carbocycles. The summed E-state index contributed by atoms with van der Waals surface area (Å²) < 4.78 is 10.5. The molecular weight excluding hydrogens is 240 g/mol. The molecule has 0 spiro atoms. The van der Waals surface area contributed by atoms with Crippen LogP contribution in [0, 0.1) is 11.8 Å². The second-order valence-corrected chi connectivity index (χ2v) is 4.91. The maximum absolute atomic E-state index is 10.4. The van der Waals surface area contributed by atoms with E-state index < -0.39 is 5.60 Å². The van der Waals surface area contributed by atoms with Gasteiger partial charge in [0.05, 0.1) is 19.8 Å². The Hall–Kier alpha value is -1.66. The lowest BCUT2D eigenvalue weighted by molar-refractivity contribution is 0.0610. The van der Waals surface area contributed by atoms with E-state index in [0.717, 1.165) is 37.0 Å². The summed E-state index contributed by atoms with van der Waals surface area (Å²) in [5.74, 6) is 7.49. The van der Waals surface area contributed by atoms with Crippen molar-refractivity contribution in [3.8, 4) is 23.3 Å². The van der Waals surface area contributed by atoms with Crippen molar-refractivity contribution in [1.29, 1.82) is 0 Å². The maximum atomic E-state index is 10.4. The molecule has 1 saturated carbocycles. The van der Waals surface area contributed by atoms with E-state index >= 15 is 0 Å². The standard InChI is InChI=1S/C16H20O3/c1-18-14-6-7-15(19-2)13(12-14)8-11-16(17)9-4-3-5-10-16/h6-7,12,17H,3-5,9-10H2,1-2H3. The molecule has 1 aromatic rings. The van der Waals surface area contributed by atoms with E-state index in [1.54, 1.807) is 14.2 Å². The van der Waals surface area contributed by atoms with Crippen molar-refractivity contribution in [3.05, 3.63) is 23.8 Å². The van der Waals surface area contributed by atoms with Gasteiger partial charge in [-0.15, -0.1) is 0 Å². The highest BCUT2D eigenvalue weighted by Crippen LogP contribution is 2.28. The van der Waals surface area contributed by atoms with E-state index in [1.807, 2.05) is 18.2 Å². The molecule has 0 aliphatic heterocycles. The van der Waals surface area contributed by atoms with Gasteiger partial charge in [-0.2, -0.15) is 0 Å². The summed E-state index contributed by atoms with van der Waals surface area (Å²) in [5.41, 5.74) is -0.0901. The summed E-state index contributed by atoms with van der Waals surface area (Å²) in [4.78, 5) is 0. The first kappa shape index (κ1) is 13.8. The lowest BCUT2D eigenvalue weighted by Gasteiger charge is -2.26. The lowest BCUT2D eigenvalue weighted by atomic mass is 9.85. The Bertz CT molecular complexity index is 490. The zero-order valence-electron chi connectivity index (χ0n) is 11.5. The number of ether oxygens (including phenoxy) is 2. The molecule has 2 rings (SSSR count). The van der Waals surface area contributed by atoms with Crippen LogP contribution in [0.25, 0.3) is 0 Å². The van der Waals surface area contributed by atoms with Gasteiger partial charge in [0.1, 0.15) is 17.1 Å². The molecule has 0 unspecified atom stereocenters. The summed E-state index contributed by atoms with van der Waals surface area (Å²) >= 11 is 0. The Morgan fingerprint density at radius 3 is 2.47 bits per heavy atom. The number of aliphatic hydroxyl groups is 1. The summed E-state index contributed by atoms with van der Waals surface area (Å²) in [6.45, 7) is 0. The summed E-state index contributed by atoms with van der Waals surface area (Å²) in [6, 6.07) is 5.49. The SMILES string of the molecule is COc1ccc(OC)c(C#CC2(O)CCCCC2)c1. The van der Waals surface area contributed by atoms with Gasteiger partial charge in [-0.1, -0.05) is 18.3 Å². The van der Waals surface area contributed by atoms with Crippen LogP contribution in [-0.4, -0.2) is 24.9 Å². The highest BCUT2D eigenvalue weighted by atomic mass is 16.5. The predicted molar refractivity (Wildman–Crippen MR) is 74.5 cm³/mol. The Morgan fingerprint density at radius 2 is 1.84 bits per heavy atom. The molecule has 0 heterocycles. The van der Waals surface area contributed by atoms with Gasteiger partial charge in [0, 0.05) is 0 Å². The second-order valence-electron chi connectivity index (χ2n) is 4.91. The Labute approximate surface area is 114 Å². The van der Waals surface area contributed by atoms with E-state index in [-0.39, 0.29) is 0 Å². The van der Waals surface area contributed by atoms with Crippen molar-refractivity contribution >= 4 is 0 Å². The Morgan fingerprint density at radius 1 is 1.11 bits per heavy atom. The number of methoxy groups -OCH3 is 2. The fourth-order valence-electron chi connectivity index (χ4n) is 2.36. The van der Waals surface area contributed by atoms with Gasteiger partial charge in [-0.05, 0) is 43.9 Å². The zero-order valence-corrected chi connectivity index (χ0v) is 11.5. The molecule has 0 radical (unpaired) electrons. The van der Waals surface area contributed by atoms with Crippen molar-refractivity contribution in [2.45, 2.75) is 37.7 Å². The number of hydrogen-bond acceptors (Lipinski definition) is 3. The minimum absolute atomic E-state index is 0.702. The summed E-state index contributed by atoms with van der Waals surface area (Å²) in [5, 5.41) is 10.4. The highest BCUT2D eigenvalue weighted by Gasteiger charge is 2.26. The van der Waals surface area contributed by atoms with Crippen LogP contribution in [0.5, 0.6) is 11.5 Å². The number of benzene rings is 1. The molecule has 1 aliphatic rings. The van der Waals surface area contributed by atoms with E-state index in [2.05, 4.69) is 11.8 Å². The Kier molecular flexibility index (Phi) is 4.34. The average Bonchev–Trinajstić information content (AvgIpc) is 2.45. The molecule has 0 aromatic heterocycles. The van der Waals surface area contributed by atoms with E-state index in [4.69, 9.17) is 9.47 Å². The molecule has 102 valence electrons. The van der Waals surface area contributed by atoms with Crippen molar-refractivity contribution in [3.63, 3.8) is 0 Å². The summed E-state index contributed by atoms with van der Waals surface area (Å²) in [6.07, 6.45) is 4.78. The lowest BCUT2D eigenvalue weighted by Crippen LogP contribution is -2.29. The van der Waals surface area contributed by atoms with Crippen LogP contribution in [0.4, 0.5) is 0 Å². The quantitative estimate of drug-likeness (QED) is 0.831. The molecule has 3 nitrogen and oxygen atoms in total. The van der Waals surface area contributed by atoms with E-state index in [9.17, 15) is 5.11 Å². The van der Waals surface area contributed by atoms with Crippen LogP contribution in [-0.2, 0) is 0 Å². The smallest absolute Gasteiger partial charge is 0.134 e. The third-order valence-electron chi connectivity index (χ3n) is 3.52. The molecular formula is C16H20O3. The highest BCUT2D eigenvalue weighted by molar-refractivity contribution is 5.50. The minimum atomic E-state index is -0.841. The van der Waals surface area contributed by atoms with Gasteiger partial charge in [0.2, 0.25) is 0 Å².